The molecular formula is C15H19N3. The molecule has 0 aliphatic carbocycles. The fourth-order valence-corrected chi connectivity index (χ4v) is 2.04. The van der Waals surface area contributed by atoms with Gasteiger partial charge in [-0.15, -0.1) is 0 Å². The summed E-state index contributed by atoms with van der Waals surface area (Å²) in [6.45, 7) is 9.03. The second kappa shape index (κ2) is 5.17. The third-order valence-electron chi connectivity index (χ3n) is 2.89. The molecule has 1 aromatic carbocycles. The number of aryl methyl sites for hydroxylation is 2. The predicted molar refractivity (Wildman–Crippen MR) is 75.8 cm³/mol. The molecule has 0 saturated heterocycles. The van der Waals surface area contributed by atoms with E-state index in [0.29, 0.717) is 0 Å². The number of aromatic nitrogens is 2. The highest BCUT2D eigenvalue weighted by molar-refractivity contribution is 5.68. The van der Waals surface area contributed by atoms with E-state index in [0.717, 1.165) is 35.0 Å². The molecule has 0 atom stereocenters. The van der Waals surface area contributed by atoms with Gasteiger partial charge in [0.15, 0.2) is 0 Å². The van der Waals surface area contributed by atoms with Crippen LogP contribution in [0, 0.1) is 20.8 Å². The maximum Gasteiger partial charge on any atom is 0.133 e. The molecule has 1 N–H and O–H groups in total. The minimum absolute atomic E-state index is 0.799. The largest absolute Gasteiger partial charge is 0.370 e. The first-order chi connectivity index (χ1) is 8.61. The Morgan fingerprint density at radius 2 is 1.89 bits per heavy atom. The van der Waals surface area contributed by atoms with E-state index < -0.39 is 0 Å². The van der Waals surface area contributed by atoms with Crippen LogP contribution < -0.4 is 5.32 Å². The van der Waals surface area contributed by atoms with Crippen LogP contribution in [0.1, 0.15) is 23.9 Å². The molecule has 0 spiro atoms. The maximum absolute atomic E-state index is 4.58. The molecule has 0 amide bonds. The van der Waals surface area contributed by atoms with Crippen LogP contribution in [0.5, 0.6) is 0 Å². The third kappa shape index (κ3) is 2.50. The minimum Gasteiger partial charge on any atom is -0.370 e. The van der Waals surface area contributed by atoms with E-state index in [4.69, 9.17) is 0 Å². The summed E-state index contributed by atoms with van der Waals surface area (Å²) >= 11 is 0. The maximum atomic E-state index is 4.58. The molecule has 0 fully saturated rings. The van der Waals surface area contributed by atoms with Gasteiger partial charge < -0.3 is 5.32 Å². The molecule has 2 aromatic rings. The van der Waals surface area contributed by atoms with Crippen LogP contribution in [-0.2, 0) is 0 Å². The number of anilines is 1. The highest BCUT2D eigenvalue weighted by Gasteiger charge is 2.10. The molecule has 0 aliphatic rings. The molecule has 1 aromatic heterocycles. The molecule has 0 radical (unpaired) electrons. The summed E-state index contributed by atoms with van der Waals surface area (Å²) in [5.41, 5.74) is 4.51. The van der Waals surface area contributed by atoms with Crippen molar-refractivity contribution in [3.8, 4) is 11.3 Å². The van der Waals surface area contributed by atoms with Gasteiger partial charge in [-0.3, -0.25) is 0 Å². The average molecular weight is 241 g/mol. The highest BCUT2D eigenvalue weighted by atomic mass is 15.0. The molecule has 18 heavy (non-hydrogen) atoms. The highest BCUT2D eigenvalue weighted by Crippen LogP contribution is 2.26. The van der Waals surface area contributed by atoms with E-state index in [9.17, 15) is 0 Å². The molecule has 94 valence electrons. The summed E-state index contributed by atoms with van der Waals surface area (Å²) in [6.07, 6.45) is 0. The van der Waals surface area contributed by atoms with Crippen LogP contribution in [-0.4, -0.2) is 16.5 Å². The molecule has 0 unspecified atom stereocenters. The van der Waals surface area contributed by atoms with Gasteiger partial charge in [-0.2, -0.15) is 0 Å². The van der Waals surface area contributed by atoms with Gasteiger partial charge >= 0.3 is 0 Å². The van der Waals surface area contributed by atoms with Gasteiger partial charge in [0, 0.05) is 17.7 Å². The Balaban J connectivity index is 2.56. The molecule has 1 heterocycles. The first-order valence-electron chi connectivity index (χ1n) is 6.28. The molecule has 3 heteroatoms. The second-order valence-corrected chi connectivity index (χ2v) is 4.49. The van der Waals surface area contributed by atoms with Crippen molar-refractivity contribution in [1.82, 2.24) is 9.97 Å². The Morgan fingerprint density at radius 1 is 1.11 bits per heavy atom. The van der Waals surface area contributed by atoms with E-state index in [1.807, 2.05) is 6.92 Å². The topological polar surface area (TPSA) is 37.8 Å². The van der Waals surface area contributed by atoms with Crippen LogP contribution in [0.3, 0.4) is 0 Å². The fourth-order valence-electron chi connectivity index (χ4n) is 2.04. The predicted octanol–water partition coefficient (Wildman–Crippen LogP) is 3.50. The summed E-state index contributed by atoms with van der Waals surface area (Å²) in [5.74, 6) is 1.73. The van der Waals surface area contributed by atoms with E-state index in [1.165, 1.54) is 5.56 Å². The molecule has 2 rings (SSSR count). The number of nitrogens with zero attached hydrogens (tertiary/aromatic N) is 2. The lowest BCUT2D eigenvalue weighted by Crippen LogP contribution is -2.06. The number of rotatable bonds is 3. The van der Waals surface area contributed by atoms with E-state index in [2.05, 4.69) is 60.3 Å². The first-order valence-corrected chi connectivity index (χ1v) is 6.28. The van der Waals surface area contributed by atoms with Crippen molar-refractivity contribution in [2.24, 2.45) is 0 Å². The summed E-state index contributed by atoms with van der Waals surface area (Å²) < 4.78 is 0. The van der Waals surface area contributed by atoms with Crippen LogP contribution in [0.4, 0.5) is 5.82 Å². The van der Waals surface area contributed by atoms with Crippen molar-refractivity contribution in [2.75, 3.05) is 11.9 Å². The Labute approximate surface area is 108 Å². The number of benzene rings is 1. The number of hydrogen-bond donors (Lipinski definition) is 1. The Kier molecular flexibility index (Phi) is 3.60. The lowest BCUT2D eigenvalue weighted by Gasteiger charge is -2.12. The molecular weight excluding hydrogens is 222 g/mol. The van der Waals surface area contributed by atoms with Gasteiger partial charge in [-0.1, -0.05) is 23.8 Å². The van der Waals surface area contributed by atoms with Gasteiger partial charge in [-0.05, 0) is 33.8 Å². The minimum atomic E-state index is 0.799. The first kappa shape index (κ1) is 12.6. The van der Waals surface area contributed by atoms with E-state index in [-0.39, 0.29) is 0 Å². The van der Waals surface area contributed by atoms with Crippen LogP contribution in [0.25, 0.3) is 11.3 Å². The van der Waals surface area contributed by atoms with Crippen molar-refractivity contribution in [3.63, 3.8) is 0 Å². The average Bonchev–Trinajstić information content (AvgIpc) is 2.33. The van der Waals surface area contributed by atoms with Gasteiger partial charge in [0.2, 0.25) is 0 Å². The third-order valence-corrected chi connectivity index (χ3v) is 2.89. The smallest absolute Gasteiger partial charge is 0.133 e. The molecule has 0 bridgehead atoms. The number of nitrogens with one attached hydrogen (secondary N) is 1. The van der Waals surface area contributed by atoms with Crippen LogP contribution in [0.2, 0.25) is 0 Å². The Bertz CT molecular complexity index is 562. The standard InChI is InChI=1S/C15H19N3/c1-5-16-15-11(3)14(17-12(4)18-15)13-8-6-7-10(2)9-13/h6-9H,5H2,1-4H3,(H,16,17,18). The molecule has 3 nitrogen and oxygen atoms in total. The summed E-state index contributed by atoms with van der Waals surface area (Å²) in [6, 6.07) is 8.41. The normalized spacial score (nSPS) is 10.4. The number of hydrogen-bond acceptors (Lipinski definition) is 3. The SMILES string of the molecule is CCNc1nc(C)nc(-c2cccc(C)c2)c1C. The lowest BCUT2D eigenvalue weighted by atomic mass is 10.0. The van der Waals surface area contributed by atoms with Crippen molar-refractivity contribution < 1.29 is 0 Å². The van der Waals surface area contributed by atoms with Gasteiger partial charge in [-0.25, -0.2) is 9.97 Å². The van der Waals surface area contributed by atoms with Crippen molar-refractivity contribution >= 4 is 5.82 Å². The van der Waals surface area contributed by atoms with Crippen molar-refractivity contribution in [1.29, 1.82) is 0 Å². The summed E-state index contributed by atoms with van der Waals surface area (Å²) in [4.78, 5) is 9.02. The monoisotopic (exact) mass is 241 g/mol. The molecule has 0 saturated carbocycles. The zero-order valence-electron chi connectivity index (χ0n) is 11.4. The fraction of sp³-hybridized carbons (Fsp3) is 0.333. The van der Waals surface area contributed by atoms with E-state index >= 15 is 0 Å². The summed E-state index contributed by atoms with van der Waals surface area (Å²) in [7, 11) is 0. The van der Waals surface area contributed by atoms with Gasteiger partial charge in [0.25, 0.3) is 0 Å². The van der Waals surface area contributed by atoms with Crippen LogP contribution >= 0.6 is 0 Å². The van der Waals surface area contributed by atoms with Crippen molar-refractivity contribution in [3.05, 3.63) is 41.2 Å². The van der Waals surface area contributed by atoms with Crippen LogP contribution in [0.15, 0.2) is 24.3 Å². The van der Waals surface area contributed by atoms with Gasteiger partial charge in [0.1, 0.15) is 11.6 Å². The Morgan fingerprint density at radius 3 is 2.56 bits per heavy atom. The quantitative estimate of drug-likeness (QED) is 0.893. The summed E-state index contributed by atoms with van der Waals surface area (Å²) in [5, 5.41) is 3.29. The second-order valence-electron chi connectivity index (χ2n) is 4.49. The zero-order chi connectivity index (χ0) is 13.1. The lowest BCUT2D eigenvalue weighted by molar-refractivity contribution is 1.02. The zero-order valence-corrected chi connectivity index (χ0v) is 11.4. The van der Waals surface area contributed by atoms with E-state index in [1.54, 1.807) is 0 Å². The van der Waals surface area contributed by atoms with Gasteiger partial charge in [0.05, 0.1) is 5.69 Å². The molecule has 0 aliphatic heterocycles. The van der Waals surface area contributed by atoms with Crippen molar-refractivity contribution in [2.45, 2.75) is 27.7 Å². The Hall–Kier alpha value is -1.90.